The monoisotopic (exact) mass is 1320 g/mol. The number of allylic oxidation sites excluding steroid dienone is 2. The van der Waals surface area contributed by atoms with E-state index in [1.54, 1.807) is 93.5 Å². The smallest absolute Gasteiger partial charge is 0.246 e. The quantitative estimate of drug-likeness (QED) is 0.0706. The van der Waals surface area contributed by atoms with Crippen LogP contribution in [0.1, 0.15) is 156 Å². The Bertz CT molecular complexity index is 2600. The zero-order valence-corrected chi connectivity index (χ0v) is 60.9. The lowest BCUT2D eigenvalue weighted by molar-refractivity contribution is -0.524. The topological polar surface area (TPSA) is 325 Å². The molecule has 1 saturated heterocycles. The van der Waals surface area contributed by atoms with Gasteiger partial charge >= 0.3 is 0 Å². The van der Waals surface area contributed by atoms with Gasteiger partial charge in [-0.3, -0.25) is 62.9 Å². The average molecular weight is 1320 g/mol. The predicted molar refractivity (Wildman–Crippen MR) is 357 cm³/mol. The van der Waals surface area contributed by atoms with Crippen molar-refractivity contribution in [1.29, 1.82) is 0 Å². The van der Waals surface area contributed by atoms with Crippen molar-refractivity contribution in [3.05, 3.63) is 22.3 Å². The van der Waals surface area contributed by atoms with Gasteiger partial charge in [-0.1, -0.05) is 109 Å². The molecule has 1 aliphatic heterocycles. The summed E-state index contributed by atoms with van der Waals surface area (Å²) in [6, 6.07) is -16.4. The van der Waals surface area contributed by atoms with Crippen LogP contribution in [-0.4, -0.2) is 263 Å². The van der Waals surface area contributed by atoms with Crippen molar-refractivity contribution in [1.82, 2.24) is 60.5 Å². The molecule has 93 heavy (non-hydrogen) atoms. The van der Waals surface area contributed by atoms with Crippen molar-refractivity contribution < 1.29 is 62.8 Å². The normalized spacial score (nSPS) is 26.8. The van der Waals surface area contributed by atoms with Gasteiger partial charge in [0.05, 0.1) is 12.6 Å². The molecule has 0 aliphatic carbocycles. The van der Waals surface area contributed by atoms with Crippen molar-refractivity contribution in [3.63, 3.8) is 0 Å². The third-order valence-electron chi connectivity index (χ3n) is 17.6. The fourth-order valence-electron chi connectivity index (χ4n) is 12.0. The van der Waals surface area contributed by atoms with Crippen LogP contribution in [0.5, 0.6) is 0 Å². The van der Waals surface area contributed by atoms with Crippen LogP contribution >= 0.6 is 0 Å². The number of carbonyl (C=O) groups is 11. The van der Waals surface area contributed by atoms with E-state index in [2.05, 4.69) is 21.3 Å². The third kappa shape index (κ3) is 23.3. The van der Waals surface area contributed by atoms with E-state index in [1.807, 2.05) is 41.5 Å². The summed E-state index contributed by atoms with van der Waals surface area (Å²) < 4.78 is 0. The van der Waals surface area contributed by atoms with E-state index in [9.17, 15) is 39.2 Å². The molecule has 1 fully saturated rings. The summed E-state index contributed by atoms with van der Waals surface area (Å²) in [5.41, 5.74) is 0. The van der Waals surface area contributed by atoms with Crippen LogP contribution in [0.15, 0.2) is 12.2 Å². The fraction of sp³-hybridized carbons (Fsp3) is 0.803. The Hall–Kier alpha value is -6.77. The molecule has 0 aromatic carbocycles. The number of hydrogen-bond acceptors (Lipinski definition) is 15. The maximum Gasteiger partial charge on any atom is 0.246 e. The van der Waals surface area contributed by atoms with Crippen molar-refractivity contribution in [2.45, 2.75) is 235 Å². The van der Waals surface area contributed by atoms with E-state index in [4.69, 9.17) is 0 Å². The maximum atomic E-state index is 15.3. The molecule has 1 unspecified atom stereocenters. The van der Waals surface area contributed by atoms with Gasteiger partial charge in [-0.25, -0.2) is 0 Å². The summed E-state index contributed by atoms with van der Waals surface area (Å²) in [6.45, 7) is 28.8. The van der Waals surface area contributed by atoms with Gasteiger partial charge in [-0.2, -0.15) is 0 Å². The Kier molecular flexibility index (Phi) is 34.4. The second kappa shape index (κ2) is 37.9. The highest BCUT2D eigenvalue weighted by molar-refractivity contribution is 6.00. The summed E-state index contributed by atoms with van der Waals surface area (Å²) in [4.78, 5) is 185. The SMILES string of the molecule is CC=CC[C@@H](C)[C@@H](O)[C@H]1C(=O)N[C@@H](CC)C(=O)N(C)[C@H](CC(CN(C)C)[N+](=O)[O-])C(=O)N(C)[C@@H](C(C)C)C(=O)N[C@@H](C(C)C)C(=O)N(C)[C@@H](CC(C)C)C(=O)N[C@@H](C)C(=O)N[C@H](C)C(=O)N(C)[C@@H](CC(C)C)C(=O)N(C)[C@@H](CC(C)C)C(=O)N(C)[C@@H](C(C)C)C(=O)N1C. The first-order chi connectivity index (χ1) is 42.9. The second-order valence-electron chi connectivity index (χ2n) is 28.3. The number of rotatable bonds is 19. The van der Waals surface area contributed by atoms with Crippen LogP contribution in [0, 0.1) is 51.5 Å². The first-order valence-corrected chi connectivity index (χ1v) is 33.0. The van der Waals surface area contributed by atoms with Crippen LogP contribution in [0.4, 0.5) is 0 Å². The summed E-state index contributed by atoms with van der Waals surface area (Å²) >= 11 is 0. The highest BCUT2D eigenvalue weighted by Crippen LogP contribution is 2.27. The average Bonchev–Trinajstić information content (AvgIpc) is 0.838. The Labute approximate surface area is 554 Å². The molecule has 27 nitrogen and oxygen atoms in total. The lowest BCUT2D eigenvalue weighted by atomic mass is 9.91. The number of amides is 11. The summed E-state index contributed by atoms with van der Waals surface area (Å²) in [6.07, 6.45) is 1.82. The highest BCUT2D eigenvalue weighted by Gasteiger charge is 2.47. The summed E-state index contributed by atoms with van der Waals surface area (Å²) in [5, 5.41) is 36.0. The van der Waals surface area contributed by atoms with E-state index < -0.39 is 179 Å². The van der Waals surface area contributed by atoms with E-state index in [-0.39, 0.29) is 56.4 Å². The zero-order valence-electron chi connectivity index (χ0n) is 60.9. The number of nitro groups is 1. The molecule has 1 heterocycles. The molecule has 0 spiro atoms. The van der Waals surface area contributed by atoms with Crippen molar-refractivity contribution in [3.8, 4) is 0 Å². The summed E-state index contributed by atoms with van der Waals surface area (Å²) in [5.74, 6) is -11.7. The fourth-order valence-corrected chi connectivity index (χ4v) is 12.0. The van der Waals surface area contributed by atoms with E-state index >= 15 is 28.8 Å². The van der Waals surface area contributed by atoms with Crippen molar-refractivity contribution in [2.75, 3.05) is 70.0 Å². The van der Waals surface area contributed by atoms with Gasteiger partial charge in [0.1, 0.15) is 66.5 Å². The molecular formula is C66H119N13O14. The van der Waals surface area contributed by atoms with Crippen LogP contribution in [-0.2, 0) is 52.7 Å². The number of hydrogen-bond donors (Lipinski definition) is 5. The van der Waals surface area contributed by atoms with E-state index in [1.165, 1.54) is 82.8 Å². The van der Waals surface area contributed by atoms with Gasteiger partial charge in [-0.05, 0) is 108 Å². The van der Waals surface area contributed by atoms with Crippen LogP contribution < -0.4 is 21.3 Å². The molecule has 1 rings (SSSR count). The zero-order chi connectivity index (χ0) is 72.3. The Morgan fingerprint density at radius 2 is 0.882 bits per heavy atom. The number of nitrogens with one attached hydrogen (secondary N) is 4. The third-order valence-corrected chi connectivity index (χ3v) is 17.6. The first-order valence-electron chi connectivity index (χ1n) is 33.0. The number of likely N-dealkylation sites (N-methyl/N-ethyl adjacent to an activating group) is 8. The number of nitrogens with zero attached hydrogens (tertiary/aromatic N) is 9. The summed E-state index contributed by atoms with van der Waals surface area (Å²) in [7, 11) is 12.7. The van der Waals surface area contributed by atoms with Gasteiger partial charge < -0.3 is 65.6 Å². The molecule has 0 bridgehead atoms. The van der Waals surface area contributed by atoms with Gasteiger partial charge in [0.25, 0.3) is 0 Å². The molecule has 27 heteroatoms. The van der Waals surface area contributed by atoms with E-state index in [0.717, 1.165) is 14.7 Å². The molecule has 5 N–H and O–H groups in total. The van der Waals surface area contributed by atoms with Gasteiger partial charge in [0.2, 0.25) is 71.0 Å². The molecule has 0 radical (unpaired) electrons. The minimum Gasteiger partial charge on any atom is -0.390 e. The molecule has 14 atom stereocenters. The Morgan fingerprint density at radius 3 is 1.31 bits per heavy atom. The van der Waals surface area contributed by atoms with Gasteiger partial charge in [0, 0.05) is 60.7 Å². The minimum absolute atomic E-state index is 0.105. The van der Waals surface area contributed by atoms with Crippen molar-refractivity contribution in [2.24, 2.45) is 41.4 Å². The Morgan fingerprint density at radius 1 is 0.484 bits per heavy atom. The van der Waals surface area contributed by atoms with Crippen LogP contribution in [0.25, 0.3) is 0 Å². The largest absolute Gasteiger partial charge is 0.390 e. The molecule has 532 valence electrons. The Balaban J connectivity index is 4.60. The van der Waals surface area contributed by atoms with Gasteiger partial charge in [0.15, 0.2) is 0 Å². The molecule has 1 aliphatic rings. The molecule has 0 saturated carbocycles. The highest BCUT2D eigenvalue weighted by atomic mass is 16.6. The van der Waals surface area contributed by atoms with Crippen molar-refractivity contribution >= 4 is 65.0 Å². The standard InChI is InChI=1S/C66H119N13O14/c1-27-29-30-42(15)55(80)54-59(84)69-46(28-2)61(86)74(22)50(34-45(79(92)93)35-71(18)19)64(89)76(24)52(40(11)12)58(83)70-51(39(9)10)65(90)72(20)47(31-36(3)4)57(82)67-43(16)56(81)68-44(17)60(85)73(21)48(32-37(5)6)62(87)75(23)49(33-38(7)8)63(88)77(25)53(41(13)14)66(91)78(54)26/h27,29,36-55,80H,28,30-35H2,1-26H3,(H,67,82)(H,68,81)(H,69,84)(H,70,83)/t42-,43+,44-,45?,46+,47+,48+,49+,50-,51+,52+,53+,54+,55-/m1/s1. The number of carbonyl (C=O) groups excluding carboxylic acids is 11. The molecule has 0 aromatic rings. The van der Waals surface area contributed by atoms with Gasteiger partial charge in [-0.15, -0.1) is 0 Å². The van der Waals surface area contributed by atoms with Crippen LogP contribution in [0.2, 0.25) is 0 Å². The minimum atomic E-state index is -1.73. The number of aliphatic hydroxyl groups excluding tert-OH is 1. The van der Waals surface area contributed by atoms with Crippen LogP contribution in [0.3, 0.4) is 0 Å². The molecule has 0 aromatic heterocycles. The predicted octanol–water partition coefficient (Wildman–Crippen LogP) is 2.84. The number of aliphatic hydroxyl groups is 1. The first kappa shape index (κ1) is 84.2. The van der Waals surface area contributed by atoms with E-state index in [0.29, 0.717) is 0 Å². The lowest BCUT2D eigenvalue weighted by Crippen LogP contribution is -2.64. The maximum absolute atomic E-state index is 15.3. The lowest BCUT2D eigenvalue weighted by Gasteiger charge is -2.41. The molecule has 11 amide bonds. The molecular weight excluding hydrogens is 1200 g/mol. The second-order valence-corrected chi connectivity index (χ2v) is 28.3.